The van der Waals surface area contributed by atoms with E-state index in [1.165, 1.54) is 0 Å². The number of nitrogens with zero attached hydrogens (tertiary/aromatic N) is 2. The molecule has 0 saturated carbocycles. The Bertz CT molecular complexity index is 751. The number of hydrogen-bond donors (Lipinski definition) is 0. The first kappa shape index (κ1) is 15.0. The molecule has 3 aromatic rings. The van der Waals surface area contributed by atoms with Crippen molar-refractivity contribution in [3.8, 4) is 11.4 Å². The van der Waals surface area contributed by atoms with Crippen LogP contribution in [0, 0.1) is 0 Å². The number of carbonyl (C=O) groups excluding carboxylic acids is 1. The standard InChI is InChI=1S/C19H18N2O2/c22-18(23-15-16-7-3-1-4-8-16)11-13-21-14-12-20-19(21)17-9-5-2-6-10-17/h1-10,12,14H,11,13,15H2. The van der Waals surface area contributed by atoms with Crippen molar-refractivity contribution >= 4 is 5.97 Å². The molecule has 1 aromatic heterocycles. The summed E-state index contributed by atoms with van der Waals surface area (Å²) < 4.78 is 7.27. The summed E-state index contributed by atoms with van der Waals surface area (Å²) in [5.41, 5.74) is 2.03. The van der Waals surface area contributed by atoms with Gasteiger partial charge in [-0.2, -0.15) is 0 Å². The third kappa shape index (κ3) is 4.07. The van der Waals surface area contributed by atoms with Crippen LogP contribution in [0.15, 0.2) is 73.1 Å². The highest BCUT2D eigenvalue weighted by Crippen LogP contribution is 2.17. The normalized spacial score (nSPS) is 10.4. The summed E-state index contributed by atoms with van der Waals surface area (Å²) in [7, 11) is 0. The van der Waals surface area contributed by atoms with Crippen LogP contribution in [-0.2, 0) is 22.7 Å². The Kier molecular flexibility index (Phi) is 4.84. The second-order valence-electron chi connectivity index (χ2n) is 5.21. The molecule has 0 spiro atoms. The molecule has 4 heteroatoms. The van der Waals surface area contributed by atoms with Gasteiger partial charge >= 0.3 is 5.97 Å². The zero-order valence-electron chi connectivity index (χ0n) is 12.8. The number of imidazole rings is 1. The summed E-state index contributed by atoms with van der Waals surface area (Å²) >= 11 is 0. The van der Waals surface area contributed by atoms with E-state index in [1.54, 1.807) is 6.20 Å². The topological polar surface area (TPSA) is 44.1 Å². The van der Waals surface area contributed by atoms with E-state index < -0.39 is 0 Å². The van der Waals surface area contributed by atoms with Crippen molar-refractivity contribution in [1.82, 2.24) is 9.55 Å². The minimum atomic E-state index is -0.207. The predicted octanol–water partition coefficient (Wildman–Crippen LogP) is 3.68. The fraction of sp³-hybridized carbons (Fsp3) is 0.158. The monoisotopic (exact) mass is 306 g/mol. The maximum absolute atomic E-state index is 11.9. The van der Waals surface area contributed by atoms with E-state index >= 15 is 0 Å². The Morgan fingerprint density at radius 1 is 1.00 bits per heavy atom. The largest absolute Gasteiger partial charge is 0.461 e. The van der Waals surface area contributed by atoms with E-state index in [1.807, 2.05) is 71.4 Å². The number of hydrogen-bond acceptors (Lipinski definition) is 3. The number of esters is 1. The van der Waals surface area contributed by atoms with Gasteiger partial charge in [0, 0.05) is 24.5 Å². The highest BCUT2D eigenvalue weighted by Gasteiger charge is 2.08. The molecule has 0 saturated heterocycles. The number of ether oxygens (including phenoxy) is 1. The summed E-state index contributed by atoms with van der Waals surface area (Å²) in [6.07, 6.45) is 3.95. The SMILES string of the molecule is O=C(CCn1ccnc1-c1ccccc1)OCc1ccccc1. The zero-order chi connectivity index (χ0) is 15.9. The molecular weight excluding hydrogens is 288 g/mol. The Hall–Kier alpha value is -2.88. The third-order valence-electron chi connectivity index (χ3n) is 3.55. The highest BCUT2D eigenvalue weighted by molar-refractivity contribution is 5.69. The van der Waals surface area contributed by atoms with E-state index in [2.05, 4.69) is 4.98 Å². The van der Waals surface area contributed by atoms with Crippen LogP contribution in [0.4, 0.5) is 0 Å². The summed E-state index contributed by atoms with van der Waals surface area (Å²) in [4.78, 5) is 16.3. The minimum absolute atomic E-state index is 0.207. The Morgan fingerprint density at radius 3 is 2.43 bits per heavy atom. The molecule has 4 nitrogen and oxygen atoms in total. The first-order valence-electron chi connectivity index (χ1n) is 7.59. The summed E-state index contributed by atoms with van der Waals surface area (Å²) in [6.45, 7) is 0.868. The lowest BCUT2D eigenvalue weighted by atomic mass is 10.2. The molecule has 1 heterocycles. The molecule has 0 bridgehead atoms. The van der Waals surface area contributed by atoms with E-state index in [0.29, 0.717) is 19.6 Å². The van der Waals surface area contributed by atoms with Crippen LogP contribution in [0.25, 0.3) is 11.4 Å². The average molecular weight is 306 g/mol. The van der Waals surface area contributed by atoms with Gasteiger partial charge in [-0.05, 0) is 5.56 Å². The molecule has 0 unspecified atom stereocenters. The highest BCUT2D eigenvalue weighted by atomic mass is 16.5. The van der Waals surface area contributed by atoms with Crippen LogP contribution in [0.5, 0.6) is 0 Å². The van der Waals surface area contributed by atoms with Crippen LogP contribution in [0.3, 0.4) is 0 Å². The molecule has 0 N–H and O–H groups in total. The zero-order valence-corrected chi connectivity index (χ0v) is 12.8. The van der Waals surface area contributed by atoms with Crippen LogP contribution < -0.4 is 0 Å². The van der Waals surface area contributed by atoms with E-state index in [4.69, 9.17) is 4.74 Å². The van der Waals surface area contributed by atoms with Gasteiger partial charge in [0.15, 0.2) is 0 Å². The van der Waals surface area contributed by atoms with Crippen LogP contribution in [0.1, 0.15) is 12.0 Å². The second kappa shape index (κ2) is 7.40. The van der Waals surface area contributed by atoms with Crippen LogP contribution in [-0.4, -0.2) is 15.5 Å². The van der Waals surface area contributed by atoms with Crippen molar-refractivity contribution in [2.24, 2.45) is 0 Å². The quantitative estimate of drug-likeness (QED) is 0.652. The lowest BCUT2D eigenvalue weighted by molar-refractivity contribution is -0.145. The summed E-state index contributed by atoms with van der Waals surface area (Å²) in [5.74, 6) is 0.656. The number of benzene rings is 2. The maximum atomic E-state index is 11.9. The van der Waals surface area contributed by atoms with Gasteiger partial charge < -0.3 is 9.30 Å². The minimum Gasteiger partial charge on any atom is -0.461 e. The van der Waals surface area contributed by atoms with Crippen LogP contribution in [0.2, 0.25) is 0 Å². The third-order valence-corrected chi connectivity index (χ3v) is 3.55. The Balaban J connectivity index is 1.55. The van der Waals surface area contributed by atoms with Crippen molar-refractivity contribution in [1.29, 1.82) is 0 Å². The second-order valence-corrected chi connectivity index (χ2v) is 5.21. The molecule has 2 aromatic carbocycles. The van der Waals surface area contributed by atoms with Gasteiger partial charge in [-0.3, -0.25) is 4.79 Å². The summed E-state index contributed by atoms with van der Waals surface area (Å²) in [6, 6.07) is 19.6. The van der Waals surface area contributed by atoms with Crippen molar-refractivity contribution in [3.05, 3.63) is 78.6 Å². The van der Waals surface area contributed by atoms with Crippen LogP contribution >= 0.6 is 0 Å². The molecule has 23 heavy (non-hydrogen) atoms. The van der Waals surface area contributed by atoms with Crippen molar-refractivity contribution in [3.63, 3.8) is 0 Å². The van der Waals surface area contributed by atoms with Crippen molar-refractivity contribution < 1.29 is 9.53 Å². The molecular formula is C19H18N2O2. The average Bonchev–Trinajstić information content (AvgIpc) is 3.08. The number of aromatic nitrogens is 2. The molecule has 3 rings (SSSR count). The molecule has 0 radical (unpaired) electrons. The van der Waals surface area contributed by atoms with Gasteiger partial charge in [0.05, 0.1) is 6.42 Å². The van der Waals surface area contributed by atoms with Gasteiger partial charge in [-0.25, -0.2) is 4.98 Å². The maximum Gasteiger partial charge on any atom is 0.307 e. The number of carbonyl (C=O) groups is 1. The molecule has 0 fully saturated rings. The predicted molar refractivity (Wildman–Crippen MR) is 88.5 cm³/mol. The van der Waals surface area contributed by atoms with Gasteiger partial charge in [-0.1, -0.05) is 60.7 Å². The molecule has 0 aliphatic rings. The first-order valence-corrected chi connectivity index (χ1v) is 7.59. The van der Waals surface area contributed by atoms with Crippen molar-refractivity contribution in [2.45, 2.75) is 19.6 Å². The molecule has 0 amide bonds. The molecule has 0 aliphatic carbocycles. The van der Waals surface area contributed by atoms with E-state index in [0.717, 1.165) is 17.0 Å². The Labute approximate surface area is 135 Å². The first-order chi connectivity index (χ1) is 11.3. The summed E-state index contributed by atoms with van der Waals surface area (Å²) in [5, 5.41) is 0. The van der Waals surface area contributed by atoms with Gasteiger partial charge in [0.2, 0.25) is 0 Å². The van der Waals surface area contributed by atoms with Crippen molar-refractivity contribution in [2.75, 3.05) is 0 Å². The smallest absolute Gasteiger partial charge is 0.307 e. The fourth-order valence-corrected chi connectivity index (χ4v) is 2.36. The van der Waals surface area contributed by atoms with Gasteiger partial charge in [0.25, 0.3) is 0 Å². The van der Waals surface area contributed by atoms with Gasteiger partial charge in [-0.15, -0.1) is 0 Å². The lowest BCUT2D eigenvalue weighted by Gasteiger charge is -2.08. The molecule has 0 aliphatic heterocycles. The molecule has 0 atom stereocenters. The van der Waals surface area contributed by atoms with E-state index in [9.17, 15) is 4.79 Å². The Morgan fingerprint density at radius 2 is 1.70 bits per heavy atom. The fourth-order valence-electron chi connectivity index (χ4n) is 2.36. The number of aryl methyl sites for hydroxylation is 1. The number of rotatable bonds is 6. The van der Waals surface area contributed by atoms with Gasteiger partial charge in [0.1, 0.15) is 12.4 Å². The lowest BCUT2D eigenvalue weighted by Crippen LogP contribution is -2.09. The molecule has 116 valence electrons. The van der Waals surface area contributed by atoms with E-state index in [-0.39, 0.29) is 5.97 Å².